The van der Waals surface area contributed by atoms with Gasteiger partial charge in [0.1, 0.15) is 17.6 Å². The summed E-state index contributed by atoms with van der Waals surface area (Å²) in [7, 11) is 1.64. The predicted octanol–water partition coefficient (Wildman–Crippen LogP) is 3.60. The van der Waals surface area contributed by atoms with Crippen LogP contribution in [0.2, 0.25) is 0 Å². The first-order chi connectivity index (χ1) is 8.08. The molecule has 17 heavy (non-hydrogen) atoms. The fourth-order valence-corrected chi connectivity index (χ4v) is 2.26. The van der Waals surface area contributed by atoms with Gasteiger partial charge < -0.3 is 14.8 Å². The molecule has 1 aromatic rings. The summed E-state index contributed by atoms with van der Waals surface area (Å²) in [5.74, 6) is 1.59. The number of hydrogen-bond acceptors (Lipinski definition) is 3. The van der Waals surface area contributed by atoms with Crippen molar-refractivity contribution >= 4 is 31.9 Å². The standard InChI is InChI=1S/C12H17Br2NO2/c1-4-15-7-8(2)17-12-6-9(13)11(16-3)5-10(12)14/h5-6,8,15H,4,7H2,1-3H3. The van der Waals surface area contributed by atoms with Gasteiger partial charge in [0.15, 0.2) is 0 Å². The summed E-state index contributed by atoms with van der Waals surface area (Å²) in [6.07, 6.45) is 0.117. The van der Waals surface area contributed by atoms with Crippen LogP contribution in [-0.4, -0.2) is 26.3 Å². The van der Waals surface area contributed by atoms with Crippen molar-refractivity contribution < 1.29 is 9.47 Å². The van der Waals surface area contributed by atoms with E-state index >= 15 is 0 Å². The maximum atomic E-state index is 5.83. The van der Waals surface area contributed by atoms with E-state index in [9.17, 15) is 0 Å². The fourth-order valence-electron chi connectivity index (χ4n) is 1.36. The van der Waals surface area contributed by atoms with E-state index in [0.717, 1.165) is 33.5 Å². The lowest BCUT2D eigenvalue weighted by Crippen LogP contribution is -2.28. The number of hydrogen-bond donors (Lipinski definition) is 1. The number of ether oxygens (including phenoxy) is 2. The smallest absolute Gasteiger partial charge is 0.135 e. The third kappa shape index (κ3) is 4.48. The minimum Gasteiger partial charge on any atom is -0.496 e. The highest BCUT2D eigenvalue weighted by Gasteiger charge is 2.11. The molecular weight excluding hydrogens is 350 g/mol. The van der Waals surface area contributed by atoms with Gasteiger partial charge in [0, 0.05) is 6.54 Å². The van der Waals surface area contributed by atoms with Crippen molar-refractivity contribution in [3.05, 3.63) is 21.1 Å². The largest absolute Gasteiger partial charge is 0.496 e. The average molecular weight is 367 g/mol. The van der Waals surface area contributed by atoms with Gasteiger partial charge in [-0.05, 0) is 57.5 Å². The van der Waals surface area contributed by atoms with Gasteiger partial charge in [-0.3, -0.25) is 0 Å². The maximum Gasteiger partial charge on any atom is 0.135 e. The van der Waals surface area contributed by atoms with E-state index in [1.54, 1.807) is 7.11 Å². The highest BCUT2D eigenvalue weighted by molar-refractivity contribution is 9.11. The van der Waals surface area contributed by atoms with E-state index in [-0.39, 0.29) is 6.10 Å². The lowest BCUT2D eigenvalue weighted by molar-refractivity contribution is 0.216. The molecule has 0 aliphatic rings. The Morgan fingerprint density at radius 1 is 1.24 bits per heavy atom. The van der Waals surface area contributed by atoms with Crippen molar-refractivity contribution in [1.29, 1.82) is 0 Å². The normalized spacial score (nSPS) is 12.3. The van der Waals surface area contributed by atoms with Crippen LogP contribution in [0.5, 0.6) is 11.5 Å². The Morgan fingerprint density at radius 2 is 1.82 bits per heavy atom. The van der Waals surface area contributed by atoms with E-state index in [4.69, 9.17) is 9.47 Å². The second-order valence-electron chi connectivity index (χ2n) is 3.65. The Kier molecular flexibility index (Phi) is 6.30. The zero-order chi connectivity index (χ0) is 12.8. The summed E-state index contributed by atoms with van der Waals surface area (Å²) in [6.45, 7) is 5.88. The number of nitrogens with one attached hydrogen (secondary N) is 1. The molecule has 0 fully saturated rings. The Bertz CT molecular complexity index is 372. The summed E-state index contributed by atoms with van der Waals surface area (Å²) < 4.78 is 12.8. The molecule has 0 saturated carbocycles. The van der Waals surface area contributed by atoms with Crippen molar-refractivity contribution in [3.8, 4) is 11.5 Å². The quantitative estimate of drug-likeness (QED) is 0.834. The van der Waals surface area contributed by atoms with Gasteiger partial charge in [-0.1, -0.05) is 6.92 Å². The lowest BCUT2D eigenvalue weighted by Gasteiger charge is -2.17. The van der Waals surface area contributed by atoms with Gasteiger partial charge in [0.05, 0.1) is 16.1 Å². The maximum absolute atomic E-state index is 5.83. The summed E-state index contributed by atoms with van der Waals surface area (Å²) >= 11 is 6.92. The summed E-state index contributed by atoms with van der Waals surface area (Å²) in [5.41, 5.74) is 0. The monoisotopic (exact) mass is 365 g/mol. The zero-order valence-corrected chi connectivity index (χ0v) is 13.4. The van der Waals surface area contributed by atoms with Crippen LogP contribution in [0, 0.1) is 0 Å². The number of likely N-dealkylation sites (N-methyl/N-ethyl adjacent to an activating group) is 1. The van der Waals surface area contributed by atoms with Crippen LogP contribution in [0.4, 0.5) is 0 Å². The Hall–Kier alpha value is -0.260. The molecule has 1 unspecified atom stereocenters. The molecule has 1 N–H and O–H groups in total. The molecular formula is C12H17Br2NO2. The first kappa shape index (κ1) is 14.8. The van der Waals surface area contributed by atoms with E-state index in [1.165, 1.54) is 0 Å². The van der Waals surface area contributed by atoms with Crippen LogP contribution < -0.4 is 14.8 Å². The van der Waals surface area contributed by atoms with Crippen molar-refractivity contribution in [3.63, 3.8) is 0 Å². The zero-order valence-electron chi connectivity index (χ0n) is 10.2. The van der Waals surface area contributed by atoms with Gasteiger partial charge in [0.2, 0.25) is 0 Å². The van der Waals surface area contributed by atoms with Crippen molar-refractivity contribution in [1.82, 2.24) is 5.32 Å². The van der Waals surface area contributed by atoms with Crippen molar-refractivity contribution in [2.45, 2.75) is 20.0 Å². The SMILES string of the molecule is CCNCC(C)Oc1cc(Br)c(OC)cc1Br. The number of halogens is 2. The molecule has 3 nitrogen and oxygen atoms in total. The molecule has 1 atom stereocenters. The second-order valence-corrected chi connectivity index (χ2v) is 5.36. The molecule has 1 aromatic carbocycles. The second kappa shape index (κ2) is 7.24. The Morgan fingerprint density at radius 3 is 2.41 bits per heavy atom. The third-order valence-corrected chi connectivity index (χ3v) is 3.46. The summed E-state index contributed by atoms with van der Waals surface area (Å²) in [4.78, 5) is 0. The van der Waals surface area contributed by atoms with Crippen LogP contribution in [0.3, 0.4) is 0 Å². The molecule has 0 spiro atoms. The predicted molar refractivity (Wildman–Crippen MR) is 77.0 cm³/mol. The van der Waals surface area contributed by atoms with Crippen LogP contribution in [0.15, 0.2) is 21.1 Å². The molecule has 0 saturated heterocycles. The molecule has 0 aliphatic carbocycles. The lowest BCUT2D eigenvalue weighted by atomic mass is 10.3. The van der Waals surface area contributed by atoms with Crippen LogP contribution in [0.25, 0.3) is 0 Å². The van der Waals surface area contributed by atoms with Gasteiger partial charge >= 0.3 is 0 Å². The third-order valence-electron chi connectivity index (χ3n) is 2.22. The van der Waals surface area contributed by atoms with E-state index in [0.29, 0.717) is 0 Å². The van der Waals surface area contributed by atoms with E-state index in [2.05, 4.69) is 44.1 Å². The van der Waals surface area contributed by atoms with Crippen LogP contribution >= 0.6 is 31.9 Å². The van der Waals surface area contributed by atoms with Gasteiger partial charge in [-0.2, -0.15) is 0 Å². The van der Waals surface area contributed by atoms with Gasteiger partial charge in [-0.25, -0.2) is 0 Å². The number of benzene rings is 1. The molecule has 1 rings (SSSR count). The fraction of sp³-hybridized carbons (Fsp3) is 0.500. The van der Waals surface area contributed by atoms with Gasteiger partial charge in [-0.15, -0.1) is 0 Å². The minimum atomic E-state index is 0.117. The van der Waals surface area contributed by atoms with Crippen LogP contribution in [0.1, 0.15) is 13.8 Å². The average Bonchev–Trinajstić information content (AvgIpc) is 2.30. The molecule has 0 radical (unpaired) electrons. The first-order valence-corrected chi connectivity index (χ1v) is 7.07. The molecule has 0 aromatic heterocycles. The Balaban J connectivity index is 2.74. The van der Waals surface area contributed by atoms with Crippen LogP contribution in [-0.2, 0) is 0 Å². The summed E-state index contributed by atoms with van der Waals surface area (Å²) in [5, 5.41) is 3.25. The van der Waals surface area contributed by atoms with Crippen molar-refractivity contribution in [2.24, 2.45) is 0 Å². The number of rotatable bonds is 6. The first-order valence-electron chi connectivity index (χ1n) is 5.48. The number of methoxy groups -OCH3 is 1. The highest BCUT2D eigenvalue weighted by Crippen LogP contribution is 2.36. The minimum absolute atomic E-state index is 0.117. The Labute approximate surface area is 119 Å². The summed E-state index contributed by atoms with van der Waals surface area (Å²) in [6, 6.07) is 3.80. The van der Waals surface area contributed by atoms with Gasteiger partial charge in [0.25, 0.3) is 0 Å². The molecule has 0 heterocycles. The molecule has 0 aliphatic heterocycles. The highest BCUT2D eigenvalue weighted by atomic mass is 79.9. The topological polar surface area (TPSA) is 30.5 Å². The van der Waals surface area contributed by atoms with E-state index < -0.39 is 0 Å². The molecule has 0 amide bonds. The van der Waals surface area contributed by atoms with E-state index in [1.807, 2.05) is 19.1 Å². The van der Waals surface area contributed by atoms with Crippen molar-refractivity contribution in [2.75, 3.05) is 20.2 Å². The molecule has 96 valence electrons. The molecule has 0 bridgehead atoms. The molecule has 5 heteroatoms.